The summed E-state index contributed by atoms with van der Waals surface area (Å²) in [7, 11) is 0.527. The van der Waals surface area contributed by atoms with Gasteiger partial charge in [-0.25, -0.2) is 0 Å². The Bertz CT molecular complexity index is 573. The average Bonchev–Trinajstić information content (AvgIpc) is 2.47. The van der Waals surface area contributed by atoms with Crippen LogP contribution in [0.2, 0.25) is 19.6 Å². The van der Waals surface area contributed by atoms with Crippen LogP contribution in [0.15, 0.2) is 48.5 Å². The quantitative estimate of drug-likeness (QED) is 0.824. The van der Waals surface area contributed by atoms with Gasteiger partial charge >= 0.3 is 0 Å². The number of hydrogen-bond acceptors (Lipinski definition) is 2. The maximum absolute atomic E-state index is 5.37. The third-order valence-electron chi connectivity index (χ3n) is 3.66. The smallest absolute Gasteiger partial charge is 0.123 e. The van der Waals surface area contributed by atoms with Crippen LogP contribution in [0.1, 0.15) is 11.1 Å². The Kier molecular flexibility index (Phi) is 5.20. The van der Waals surface area contributed by atoms with Gasteiger partial charge < -0.3 is 10.1 Å². The molecule has 2 aromatic rings. The minimum absolute atomic E-state index is 0.819. The third-order valence-corrected chi connectivity index (χ3v) is 5.72. The second-order valence-electron chi connectivity index (χ2n) is 6.36. The maximum Gasteiger partial charge on any atom is 0.123 e. The zero-order valence-corrected chi connectivity index (χ0v) is 14.4. The van der Waals surface area contributed by atoms with E-state index < -0.39 is 8.07 Å². The molecule has 0 aliphatic heterocycles. The number of nitrogens with one attached hydrogen (secondary N) is 1. The van der Waals surface area contributed by atoms with Gasteiger partial charge in [-0.3, -0.25) is 0 Å². The molecule has 0 radical (unpaired) electrons. The molecular weight excluding hydrogens is 274 g/mol. The van der Waals surface area contributed by atoms with Gasteiger partial charge in [-0.1, -0.05) is 67.3 Å². The zero-order chi connectivity index (χ0) is 15.3. The molecule has 0 aliphatic carbocycles. The van der Waals surface area contributed by atoms with E-state index in [1.807, 2.05) is 18.2 Å². The van der Waals surface area contributed by atoms with Crippen molar-refractivity contribution in [3.05, 3.63) is 59.7 Å². The lowest BCUT2D eigenvalue weighted by Crippen LogP contribution is -2.37. The molecule has 21 heavy (non-hydrogen) atoms. The van der Waals surface area contributed by atoms with Crippen molar-refractivity contribution in [2.75, 3.05) is 7.11 Å². The highest BCUT2D eigenvalue weighted by molar-refractivity contribution is 6.88. The molecule has 1 N–H and O–H groups in total. The Morgan fingerprint density at radius 2 is 1.57 bits per heavy atom. The second-order valence-corrected chi connectivity index (χ2v) is 11.4. The predicted molar refractivity (Wildman–Crippen MR) is 93.0 cm³/mol. The van der Waals surface area contributed by atoms with Crippen LogP contribution in [0.5, 0.6) is 5.75 Å². The van der Waals surface area contributed by atoms with Crippen LogP contribution in [0.4, 0.5) is 0 Å². The Morgan fingerprint density at radius 3 is 2.19 bits per heavy atom. The van der Waals surface area contributed by atoms with Crippen LogP contribution in [0.3, 0.4) is 0 Å². The molecule has 2 aromatic carbocycles. The summed E-state index contributed by atoms with van der Waals surface area (Å²) in [6.07, 6.45) is 0. The molecule has 0 atom stereocenters. The lowest BCUT2D eigenvalue weighted by molar-refractivity contribution is 0.407. The number of methoxy groups -OCH3 is 1. The van der Waals surface area contributed by atoms with Crippen LogP contribution < -0.4 is 15.2 Å². The molecule has 0 saturated carbocycles. The Labute approximate surface area is 129 Å². The maximum atomic E-state index is 5.37. The largest absolute Gasteiger partial charge is 0.496 e. The predicted octanol–water partition coefficient (Wildman–Crippen LogP) is 3.53. The topological polar surface area (TPSA) is 21.3 Å². The first-order chi connectivity index (χ1) is 10.0. The molecule has 0 heterocycles. The van der Waals surface area contributed by atoms with E-state index >= 15 is 0 Å². The first-order valence-corrected chi connectivity index (χ1v) is 10.9. The number of para-hydroxylation sites is 1. The molecule has 0 aromatic heterocycles. The molecular formula is C18H25NOSi. The molecule has 0 amide bonds. The normalized spacial score (nSPS) is 11.4. The molecule has 0 aliphatic rings. The molecule has 0 fully saturated rings. The van der Waals surface area contributed by atoms with Crippen molar-refractivity contribution in [3.8, 4) is 5.75 Å². The fraction of sp³-hybridized carbons (Fsp3) is 0.333. The Balaban J connectivity index is 1.92. The minimum atomic E-state index is -1.19. The molecule has 0 spiro atoms. The fourth-order valence-electron chi connectivity index (χ4n) is 2.31. The summed E-state index contributed by atoms with van der Waals surface area (Å²) in [5.74, 6) is 0.944. The molecule has 3 heteroatoms. The van der Waals surface area contributed by atoms with Crippen molar-refractivity contribution in [3.63, 3.8) is 0 Å². The Morgan fingerprint density at radius 1 is 0.905 bits per heavy atom. The fourth-order valence-corrected chi connectivity index (χ4v) is 3.48. The van der Waals surface area contributed by atoms with Gasteiger partial charge in [0.25, 0.3) is 0 Å². The summed E-state index contributed by atoms with van der Waals surface area (Å²) >= 11 is 0. The van der Waals surface area contributed by atoms with E-state index in [0.717, 1.165) is 18.8 Å². The highest BCUT2D eigenvalue weighted by atomic mass is 28.3. The van der Waals surface area contributed by atoms with E-state index in [1.165, 1.54) is 16.3 Å². The highest BCUT2D eigenvalue weighted by Gasteiger charge is 2.15. The van der Waals surface area contributed by atoms with Crippen LogP contribution in [0.25, 0.3) is 0 Å². The number of rotatable bonds is 6. The van der Waals surface area contributed by atoms with E-state index in [-0.39, 0.29) is 0 Å². The van der Waals surface area contributed by atoms with E-state index in [1.54, 1.807) is 7.11 Å². The van der Waals surface area contributed by atoms with Gasteiger partial charge in [-0.2, -0.15) is 0 Å². The van der Waals surface area contributed by atoms with Crippen molar-refractivity contribution in [1.29, 1.82) is 0 Å². The summed E-state index contributed by atoms with van der Waals surface area (Å²) in [4.78, 5) is 0. The standard InChI is InChI=1S/C18H25NOSi/c1-20-18-8-6-5-7-16(18)14-19-13-15-9-11-17(12-10-15)21(2,3)4/h5-12,19H,13-14H2,1-4H3. The molecule has 0 bridgehead atoms. The van der Waals surface area contributed by atoms with Gasteiger partial charge in [-0.05, 0) is 11.6 Å². The zero-order valence-electron chi connectivity index (χ0n) is 13.4. The molecule has 0 unspecified atom stereocenters. The van der Waals surface area contributed by atoms with Crippen molar-refractivity contribution < 1.29 is 4.74 Å². The number of benzene rings is 2. The molecule has 0 saturated heterocycles. The lowest BCUT2D eigenvalue weighted by Gasteiger charge is -2.17. The van der Waals surface area contributed by atoms with Crippen LogP contribution >= 0.6 is 0 Å². The molecule has 2 rings (SSSR count). The van der Waals surface area contributed by atoms with E-state index in [0.29, 0.717) is 0 Å². The number of hydrogen-bond donors (Lipinski definition) is 1. The van der Waals surface area contributed by atoms with Gasteiger partial charge in [0.1, 0.15) is 5.75 Å². The van der Waals surface area contributed by atoms with Crippen molar-refractivity contribution in [2.45, 2.75) is 32.7 Å². The minimum Gasteiger partial charge on any atom is -0.496 e. The SMILES string of the molecule is COc1ccccc1CNCc1ccc([Si](C)(C)C)cc1. The van der Waals surface area contributed by atoms with E-state index in [4.69, 9.17) is 4.74 Å². The summed E-state index contributed by atoms with van der Waals surface area (Å²) in [5, 5.41) is 4.99. The van der Waals surface area contributed by atoms with Gasteiger partial charge in [0.15, 0.2) is 0 Å². The average molecular weight is 299 g/mol. The first kappa shape index (κ1) is 15.8. The molecule has 2 nitrogen and oxygen atoms in total. The number of ether oxygens (including phenoxy) is 1. The monoisotopic (exact) mass is 299 g/mol. The van der Waals surface area contributed by atoms with Crippen LogP contribution in [0, 0.1) is 0 Å². The van der Waals surface area contributed by atoms with E-state index in [2.05, 4.69) is 55.3 Å². The van der Waals surface area contributed by atoms with Gasteiger partial charge in [0, 0.05) is 18.7 Å². The Hall–Kier alpha value is -1.58. The summed E-state index contributed by atoms with van der Waals surface area (Å²) in [5.41, 5.74) is 2.52. The lowest BCUT2D eigenvalue weighted by atomic mass is 10.2. The van der Waals surface area contributed by atoms with Crippen molar-refractivity contribution >= 4 is 13.3 Å². The summed E-state index contributed by atoms with van der Waals surface area (Å²) in [6.45, 7) is 8.83. The van der Waals surface area contributed by atoms with Crippen LogP contribution in [-0.4, -0.2) is 15.2 Å². The summed E-state index contributed by atoms with van der Waals surface area (Å²) < 4.78 is 5.37. The van der Waals surface area contributed by atoms with Gasteiger partial charge in [-0.15, -0.1) is 0 Å². The second kappa shape index (κ2) is 6.92. The van der Waals surface area contributed by atoms with Crippen LogP contribution in [-0.2, 0) is 13.1 Å². The van der Waals surface area contributed by atoms with Crippen molar-refractivity contribution in [1.82, 2.24) is 5.32 Å². The van der Waals surface area contributed by atoms with Crippen molar-refractivity contribution in [2.24, 2.45) is 0 Å². The third kappa shape index (κ3) is 4.44. The van der Waals surface area contributed by atoms with E-state index in [9.17, 15) is 0 Å². The highest BCUT2D eigenvalue weighted by Crippen LogP contribution is 2.16. The van der Waals surface area contributed by atoms with Gasteiger partial charge in [0.05, 0.1) is 15.2 Å². The first-order valence-electron chi connectivity index (χ1n) is 7.43. The summed E-state index contributed by atoms with van der Waals surface area (Å²) in [6, 6.07) is 17.2. The molecule has 112 valence electrons. The van der Waals surface area contributed by atoms with Gasteiger partial charge in [0.2, 0.25) is 0 Å².